The number of hydrogen-bond donors (Lipinski definition) is 0. The summed E-state index contributed by atoms with van der Waals surface area (Å²) in [6.07, 6.45) is 3.94. The summed E-state index contributed by atoms with van der Waals surface area (Å²) < 4.78 is 15.4. The van der Waals surface area contributed by atoms with E-state index in [1.165, 1.54) is 19.6 Å². The first kappa shape index (κ1) is 43.9. The van der Waals surface area contributed by atoms with Crippen molar-refractivity contribution in [2.45, 2.75) is 52.4 Å². The van der Waals surface area contributed by atoms with Gasteiger partial charge in [0.2, 0.25) is 0 Å². The molecule has 2 aromatic heterocycles. The van der Waals surface area contributed by atoms with Crippen LogP contribution in [0.3, 0.4) is 0 Å². The molecule has 0 amide bonds. The summed E-state index contributed by atoms with van der Waals surface area (Å²) in [7, 11) is 0. The summed E-state index contributed by atoms with van der Waals surface area (Å²) in [6.45, 7) is 13.4. The minimum atomic E-state index is -2.62. The maximum Gasteiger partial charge on any atom is 2.00 e. The van der Waals surface area contributed by atoms with Crippen LogP contribution in [0.4, 0.5) is 0 Å². The third-order valence-corrected chi connectivity index (χ3v) is 29.1. The monoisotopic (exact) mass is 1350 g/mol. The molecular weight excluding hydrogens is 1310 g/mol. The quantitative estimate of drug-likeness (QED) is 0.102. The largest absolute Gasteiger partial charge is 2.00 e. The van der Waals surface area contributed by atoms with Gasteiger partial charge in [-0.1, -0.05) is 0 Å². The van der Waals surface area contributed by atoms with E-state index < -0.39 is 43.5 Å². The smallest absolute Gasteiger partial charge is 2.00 e. The predicted octanol–water partition coefficient (Wildman–Crippen LogP) is 8.83. The van der Waals surface area contributed by atoms with Gasteiger partial charge in [0.05, 0.1) is 0 Å². The minimum absolute atomic E-state index is 0. The van der Waals surface area contributed by atoms with Crippen LogP contribution in [0, 0.1) is 12.1 Å². The van der Waals surface area contributed by atoms with Crippen LogP contribution >= 0.6 is 0 Å². The molecule has 0 aliphatic rings. The van der Waals surface area contributed by atoms with Gasteiger partial charge in [-0.3, -0.25) is 0 Å². The molecule has 0 spiro atoms. The second kappa shape index (κ2) is 19.3. The average molecular weight is 1350 g/mol. The Labute approximate surface area is 387 Å². The van der Waals surface area contributed by atoms with E-state index >= 15 is 0 Å². The first-order valence-corrected chi connectivity index (χ1v) is 30.5. The Bertz CT molecular complexity index is 2400. The summed E-state index contributed by atoms with van der Waals surface area (Å²) in [5, 5.41) is 0. The van der Waals surface area contributed by atoms with Gasteiger partial charge in [-0.15, -0.1) is 0 Å². The fourth-order valence-electron chi connectivity index (χ4n) is 7.07. The third kappa shape index (κ3) is 10.5. The van der Waals surface area contributed by atoms with Crippen LogP contribution in [0.15, 0.2) is 182 Å². The van der Waals surface area contributed by atoms with Crippen LogP contribution < -0.4 is 24.4 Å². The first-order chi connectivity index (χ1) is 28.5. The molecule has 0 unspecified atom stereocenters. The van der Waals surface area contributed by atoms with E-state index in [0.29, 0.717) is 11.5 Å². The number of ether oxygens (including phenoxy) is 1. The summed E-state index contributed by atoms with van der Waals surface area (Å²) in [4.78, 5) is 9.90. The number of nitrogens with zero attached hydrogens (tertiary/aromatic N) is 2. The van der Waals surface area contributed by atoms with E-state index in [1.807, 2.05) is 12.4 Å². The molecule has 0 bridgehead atoms. The van der Waals surface area contributed by atoms with E-state index in [4.69, 9.17) is 14.7 Å². The minimum Gasteiger partial charge on any atom is 2.00 e. The van der Waals surface area contributed by atoms with Crippen molar-refractivity contribution in [1.82, 2.24) is 9.97 Å². The van der Waals surface area contributed by atoms with Crippen LogP contribution in [0.25, 0.3) is 22.5 Å². The molecule has 8 aromatic rings. The van der Waals surface area contributed by atoms with Gasteiger partial charge >= 0.3 is 391 Å². The maximum absolute atomic E-state index is 6.87. The van der Waals surface area contributed by atoms with E-state index in [2.05, 4.69) is 224 Å². The molecular formula is C54H48Bi2N2OPt. The fourth-order valence-corrected chi connectivity index (χ4v) is 25.0. The Hall–Kier alpha value is -4.13. The Morgan fingerprint density at radius 2 is 0.717 bits per heavy atom. The molecule has 0 fully saturated rings. The second-order valence-electron chi connectivity index (χ2n) is 16.7. The fraction of sp³-hybridized carbons (Fsp3) is 0.148. The molecule has 2 heterocycles. The van der Waals surface area contributed by atoms with Crippen LogP contribution in [0.1, 0.15) is 52.7 Å². The summed E-state index contributed by atoms with van der Waals surface area (Å²) >= 11 is -5.25. The molecule has 6 aromatic carbocycles. The van der Waals surface area contributed by atoms with Gasteiger partial charge in [0.15, 0.2) is 0 Å². The van der Waals surface area contributed by atoms with Gasteiger partial charge in [-0.05, 0) is 0 Å². The summed E-state index contributed by atoms with van der Waals surface area (Å²) in [5.41, 5.74) is 5.67. The maximum atomic E-state index is 6.87. The molecule has 3 nitrogen and oxygen atoms in total. The zero-order valence-corrected chi connectivity index (χ0v) is 44.1. The number of aromatic nitrogens is 2. The average Bonchev–Trinajstić information content (AvgIpc) is 3.25. The van der Waals surface area contributed by atoms with Gasteiger partial charge in [-0.25, -0.2) is 0 Å². The predicted molar refractivity (Wildman–Crippen MR) is 250 cm³/mol. The third-order valence-electron chi connectivity index (χ3n) is 10.3. The van der Waals surface area contributed by atoms with Gasteiger partial charge in [-0.2, -0.15) is 0 Å². The Balaban J connectivity index is 0.00000544. The van der Waals surface area contributed by atoms with Crippen molar-refractivity contribution in [2.75, 3.05) is 0 Å². The van der Waals surface area contributed by atoms with Crippen molar-refractivity contribution < 1.29 is 25.8 Å². The summed E-state index contributed by atoms with van der Waals surface area (Å²) in [6, 6.07) is 69.0. The summed E-state index contributed by atoms with van der Waals surface area (Å²) in [5.74, 6) is 1.29. The van der Waals surface area contributed by atoms with Crippen LogP contribution in [-0.4, -0.2) is 53.5 Å². The molecule has 0 atom stereocenters. The van der Waals surface area contributed by atoms with E-state index in [1.54, 1.807) is 0 Å². The number of rotatable bonds is 10. The van der Waals surface area contributed by atoms with E-state index in [-0.39, 0.29) is 31.9 Å². The zero-order valence-electron chi connectivity index (χ0n) is 34.8. The van der Waals surface area contributed by atoms with Crippen molar-refractivity contribution in [1.29, 1.82) is 0 Å². The number of hydrogen-bond acceptors (Lipinski definition) is 3. The molecule has 8 rings (SSSR count). The SMILES string of the molecule is CC(C)(C)c1cc(Oc2[c-]c(-c3c[c]([Bi]([c]4ccccc4)[c]4ccccc4)ccn3)cc(C(C)(C)C)c2)[c-]c(-c2c[c]([Bi]([c]3ccccc3)[c]3ccccc3)ccn2)c1.[Pt+2]. The normalized spacial score (nSPS) is 11.7. The topological polar surface area (TPSA) is 35.0 Å². The van der Waals surface area contributed by atoms with E-state index in [9.17, 15) is 0 Å². The van der Waals surface area contributed by atoms with Gasteiger partial charge in [0.1, 0.15) is 0 Å². The van der Waals surface area contributed by atoms with Gasteiger partial charge in [0, 0.05) is 0 Å². The van der Waals surface area contributed by atoms with Gasteiger partial charge in [0.25, 0.3) is 0 Å². The van der Waals surface area contributed by atoms with Crippen LogP contribution in [-0.2, 0) is 31.9 Å². The molecule has 300 valence electrons. The Kier molecular flexibility index (Phi) is 14.1. The molecule has 0 saturated heterocycles. The van der Waals surface area contributed by atoms with Crippen molar-refractivity contribution in [3.05, 3.63) is 206 Å². The van der Waals surface area contributed by atoms with Crippen LogP contribution in [0.2, 0.25) is 0 Å². The number of pyridine rings is 2. The van der Waals surface area contributed by atoms with Crippen molar-refractivity contribution >= 4 is 63.1 Å². The number of benzene rings is 6. The van der Waals surface area contributed by atoms with Crippen molar-refractivity contribution in [3.63, 3.8) is 0 Å². The van der Waals surface area contributed by atoms with Crippen LogP contribution in [0.5, 0.6) is 11.5 Å². The first-order valence-electron chi connectivity index (χ1n) is 20.1. The van der Waals surface area contributed by atoms with Crippen molar-refractivity contribution in [2.24, 2.45) is 0 Å². The molecule has 0 aliphatic carbocycles. The molecule has 0 N–H and O–H groups in total. The Morgan fingerprint density at radius 1 is 0.400 bits per heavy atom. The van der Waals surface area contributed by atoms with E-state index in [0.717, 1.165) is 33.6 Å². The molecule has 0 radical (unpaired) electrons. The zero-order chi connectivity index (χ0) is 41.0. The second-order valence-corrected chi connectivity index (χ2v) is 34.0. The molecule has 0 saturated carbocycles. The molecule has 60 heavy (non-hydrogen) atoms. The standard InChI is InChI=1S/C30H28N2O.4C6H5.2Bi.Pt/c1-29(2,3)23-15-21(27-11-7-9-13-31-27)17-25(19-23)33-26-18-22(28-12-8-10-14-32-28)16-24(20-26)30(4,5)6;4*1-2-4-6-5-3-1;;;/h9-16,19-20H,1-6H3;4*1-5H;;;/q-2;;;;;;;+2. The van der Waals surface area contributed by atoms with Crippen molar-refractivity contribution in [3.8, 4) is 34.0 Å². The Morgan fingerprint density at radius 3 is 1.02 bits per heavy atom. The molecule has 0 aliphatic heterocycles. The van der Waals surface area contributed by atoms with Gasteiger partial charge < -0.3 is 0 Å². The molecule has 6 heteroatoms.